The Morgan fingerprint density at radius 2 is 0.686 bits per heavy atom. The minimum Gasteiger partial charge on any atom is -0.455 e. The number of benzene rings is 11. The summed E-state index contributed by atoms with van der Waals surface area (Å²) in [6, 6.07) is 94.0. The number of fused-ring (bicyclic) bond motifs is 9. The Morgan fingerprint density at radius 3 is 1.27 bits per heavy atom. The Hall–Kier alpha value is -9.38. The second-order valence-corrected chi connectivity index (χ2v) is 18.1. The summed E-state index contributed by atoms with van der Waals surface area (Å²) in [6.45, 7) is 0. The Labute approximate surface area is 404 Å². The second-order valence-electron chi connectivity index (χ2n) is 18.1. The molecule has 0 radical (unpaired) electrons. The highest BCUT2D eigenvalue weighted by Gasteiger charge is 2.18. The van der Waals surface area contributed by atoms with Gasteiger partial charge in [0.25, 0.3) is 0 Å². The van der Waals surface area contributed by atoms with Crippen molar-refractivity contribution in [2.75, 3.05) is 4.90 Å². The molecule has 4 nitrogen and oxygen atoms in total. The molecule has 0 bridgehead atoms. The van der Waals surface area contributed by atoms with Crippen molar-refractivity contribution in [3.8, 4) is 44.8 Å². The van der Waals surface area contributed by atoms with Crippen molar-refractivity contribution < 1.29 is 4.42 Å². The zero-order valence-electron chi connectivity index (χ0n) is 38.1. The van der Waals surface area contributed by atoms with Crippen LogP contribution >= 0.6 is 0 Å². The quantitative estimate of drug-likeness (QED) is 0.152. The maximum Gasteiger partial charge on any atom is 0.143 e. The summed E-state index contributed by atoms with van der Waals surface area (Å²) in [6.07, 6.45) is 0. The molecular formula is C66H43N3O. The lowest BCUT2D eigenvalue weighted by molar-refractivity contribution is 0.670. The van der Waals surface area contributed by atoms with E-state index in [1.807, 2.05) is 12.1 Å². The van der Waals surface area contributed by atoms with Gasteiger partial charge in [0.1, 0.15) is 11.2 Å². The van der Waals surface area contributed by atoms with Crippen LogP contribution in [0, 0.1) is 0 Å². The smallest absolute Gasteiger partial charge is 0.143 e. The highest BCUT2D eigenvalue weighted by molar-refractivity contribution is 6.12. The Morgan fingerprint density at radius 1 is 0.271 bits per heavy atom. The van der Waals surface area contributed by atoms with E-state index in [1.54, 1.807) is 0 Å². The van der Waals surface area contributed by atoms with E-state index in [1.165, 1.54) is 54.7 Å². The van der Waals surface area contributed by atoms with Crippen molar-refractivity contribution in [2.45, 2.75) is 0 Å². The van der Waals surface area contributed by atoms with Gasteiger partial charge in [-0.25, -0.2) is 0 Å². The summed E-state index contributed by atoms with van der Waals surface area (Å²) < 4.78 is 11.2. The summed E-state index contributed by atoms with van der Waals surface area (Å²) in [5.74, 6) is 0. The molecule has 0 N–H and O–H groups in total. The third kappa shape index (κ3) is 6.46. The highest BCUT2D eigenvalue weighted by atomic mass is 16.3. The highest BCUT2D eigenvalue weighted by Crippen LogP contribution is 2.42. The molecule has 0 spiro atoms. The first-order valence-corrected chi connectivity index (χ1v) is 23.9. The lowest BCUT2D eigenvalue weighted by atomic mass is 10.0. The Bertz CT molecular complexity index is 4200. The topological polar surface area (TPSA) is 26.2 Å². The molecule has 328 valence electrons. The number of aromatic nitrogens is 2. The van der Waals surface area contributed by atoms with Crippen LogP contribution in [0.25, 0.3) is 110 Å². The predicted molar refractivity (Wildman–Crippen MR) is 293 cm³/mol. The maximum absolute atomic E-state index is 6.46. The van der Waals surface area contributed by atoms with E-state index in [4.69, 9.17) is 4.42 Å². The van der Waals surface area contributed by atoms with E-state index in [2.05, 4.69) is 263 Å². The standard InChI is InChI=1S/C66H43N3O/c1-2-13-49(14-3-1)69-63-23-10-6-17-57(63)58-42-33-48(43-64(58)69)46-29-36-51(37-30-46)67(52-40-31-47(32-41-52)54-19-12-20-60-59-18-7-11-24-65(59)70-66(54)60)50-34-25-44(26-35-50)45-27-38-53(39-28-45)68-61-21-8-4-15-55(61)56-16-5-9-22-62(56)68/h1-43H. The van der Waals surface area contributed by atoms with E-state index >= 15 is 0 Å². The molecule has 4 heteroatoms. The number of rotatable bonds is 8. The molecule has 0 amide bonds. The van der Waals surface area contributed by atoms with Gasteiger partial charge >= 0.3 is 0 Å². The van der Waals surface area contributed by atoms with Crippen LogP contribution in [0.4, 0.5) is 17.1 Å². The molecule has 70 heavy (non-hydrogen) atoms. The van der Waals surface area contributed by atoms with Crippen molar-refractivity contribution >= 4 is 82.6 Å². The normalized spacial score (nSPS) is 11.7. The summed E-state index contributed by atoms with van der Waals surface area (Å²) in [4.78, 5) is 2.35. The van der Waals surface area contributed by atoms with Crippen molar-refractivity contribution in [3.05, 3.63) is 261 Å². The minimum atomic E-state index is 0.900. The van der Waals surface area contributed by atoms with Gasteiger partial charge < -0.3 is 18.5 Å². The average Bonchev–Trinajstić information content (AvgIpc) is 4.10. The van der Waals surface area contributed by atoms with Crippen LogP contribution < -0.4 is 4.90 Å². The van der Waals surface area contributed by atoms with E-state index in [0.29, 0.717) is 0 Å². The van der Waals surface area contributed by atoms with Gasteiger partial charge in [-0.2, -0.15) is 0 Å². The van der Waals surface area contributed by atoms with Crippen molar-refractivity contribution in [1.29, 1.82) is 0 Å². The maximum atomic E-state index is 6.46. The van der Waals surface area contributed by atoms with Crippen LogP contribution in [0.5, 0.6) is 0 Å². The van der Waals surface area contributed by atoms with Gasteiger partial charge in [-0.15, -0.1) is 0 Å². The second kappa shape index (κ2) is 16.2. The summed E-state index contributed by atoms with van der Waals surface area (Å²) in [5, 5.41) is 7.28. The molecule has 0 atom stereocenters. The zero-order chi connectivity index (χ0) is 46.1. The van der Waals surface area contributed by atoms with E-state index in [9.17, 15) is 0 Å². The molecule has 0 aliphatic rings. The SMILES string of the molecule is c1ccc(-n2c3ccccc3c3ccc(-c4ccc(N(c5ccc(-c6ccc(-n7c8ccccc8c8ccccc87)cc6)cc5)c5ccc(-c6cccc7c6oc6ccccc67)cc5)cc4)cc32)cc1. The number of anilines is 3. The molecular weight excluding hydrogens is 851 g/mol. The number of hydrogen-bond donors (Lipinski definition) is 0. The van der Waals surface area contributed by atoms with Gasteiger partial charge in [-0.05, 0) is 119 Å². The molecule has 11 aromatic carbocycles. The monoisotopic (exact) mass is 893 g/mol. The number of para-hydroxylation sites is 6. The van der Waals surface area contributed by atoms with Gasteiger partial charge in [0.2, 0.25) is 0 Å². The number of nitrogens with zero attached hydrogens (tertiary/aromatic N) is 3. The zero-order valence-corrected chi connectivity index (χ0v) is 38.1. The summed E-state index contributed by atoms with van der Waals surface area (Å²) in [7, 11) is 0. The number of furan rings is 1. The molecule has 0 saturated heterocycles. The summed E-state index contributed by atoms with van der Waals surface area (Å²) >= 11 is 0. The summed E-state index contributed by atoms with van der Waals surface area (Å²) in [5.41, 5.74) is 18.9. The van der Waals surface area contributed by atoms with Crippen LogP contribution in [-0.2, 0) is 0 Å². The lowest BCUT2D eigenvalue weighted by Crippen LogP contribution is -2.09. The van der Waals surface area contributed by atoms with Gasteiger partial charge in [-0.3, -0.25) is 0 Å². The molecule has 14 rings (SSSR count). The van der Waals surface area contributed by atoms with Crippen LogP contribution in [0.15, 0.2) is 265 Å². The van der Waals surface area contributed by atoms with Crippen molar-refractivity contribution in [2.24, 2.45) is 0 Å². The van der Waals surface area contributed by atoms with E-state index in [-0.39, 0.29) is 0 Å². The third-order valence-corrected chi connectivity index (χ3v) is 14.2. The first kappa shape index (κ1) is 39.8. The molecule has 0 fully saturated rings. The largest absolute Gasteiger partial charge is 0.455 e. The van der Waals surface area contributed by atoms with Crippen LogP contribution in [0.2, 0.25) is 0 Å². The molecule has 14 aromatic rings. The molecule has 0 aliphatic heterocycles. The van der Waals surface area contributed by atoms with Crippen molar-refractivity contribution in [1.82, 2.24) is 9.13 Å². The van der Waals surface area contributed by atoms with E-state index < -0.39 is 0 Å². The van der Waals surface area contributed by atoms with E-state index in [0.717, 1.165) is 72.6 Å². The molecule has 3 aromatic heterocycles. The number of hydrogen-bond acceptors (Lipinski definition) is 2. The van der Waals surface area contributed by atoms with Crippen molar-refractivity contribution in [3.63, 3.8) is 0 Å². The van der Waals surface area contributed by atoms with Crippen LogP contribution in [0.1, 0.15) is 0 Å². The first-order chi connectivity index (χ1) is 34.7. The van der Waals surface area contributed by atoms with Crippen LogP contribution in [-0.4, -0.2) is 9.13 Å². The van der Waals surface area contributed by atoms with Gasteiger partial charge in [0.15, 0.2) is 0 Å². The lowest BCUT2D eigenvalue weighted by Gasteiger charge is -2.26. The first-order valence-electron chi connectivity index (χ1n) is 23.9. The van der Waals surface area contributed by atoms with Gasteiger partial charge in [0.05, 0.1) is 22.1 Å². The Kier molecular flexibility index (Phi) is 9.17. The van der Waals surface area contributed by atoms with Gasteiger partial charge in [-0.1, -0.05) is 170 Å². The fourth-order valence-electron chi connectivity index (χ4n) is 10.8. The molecule has 0 aliphatic carbocycles. The third-order valence-electron chi connectivity index (χ3n) is 14.2. The van der Waals surface area contributed by atoms with Gasteiger partial charge in [0, 0.05) is 66.3 Å². The fourth-order valence-corrected chi connectivity index (χ4v) is 10.8. The minimum absolute atomic E-state index is 0.900. The fraction of sp³-hybridized carbons (Fsp3) is 0. The van der Waals surface area contributed by atoms with Crippen LogP contribution in [0.3, 0.4) is 0 Å². The molecule has 3 heterocycles. The predicted octanol–water partition coefficient (Wildman–Crippen LogP) is 18.3. The Balaban J connectivity index is 0.834. The molecule has 0 saturated carbocycles. The average molecular weight is 894 g/mol. The molecule has 0 unspecified atom stereocenters.